The molecule has 0 aromatic heterocycles. The van der Waals surface area contributed by atoms with Crippen LogP contribution in [0.25, 0.3) is 0 Å². The van der Waals surface area contributed by atoms with Gasteiger partial charge in [-0.05, 0) is 51.0 Å². The van der Waals surface area contributed by atoms with Gasteiger partial charge in [-0.15, -0.1) is 24.0 Å². The van der Waals surface area contributed by atoms with Gasteiger partial charge < -0.3 is 24.8 Å². The number of halogens is 2. The minimum Gasteiger partial charge on any atom is -0.488 e. The molecule has 0 unspecified atom stereocenters. The van der Waals surface area contributed by atoms with E-state index in [1.54, 1.807) is 7.05 Å². The summed E-state index contributed by atoms with van der Waals surface area (Å²) in [7, 11) is 1.72. The summed E-state index contributed by atoms with van der Waals surface area (Å²) in [6.45, 7) is 7.79. The number of nitrogens with zero attached hydrogens (tertiary/aromatic N) is 1. The van der Waals surface area contributed by atoms with E-state index >= 15 is 0 Å². The number of ether oxygens (including phenoxy) is 3. The van der Waals surface area contributed by atoms with Gasteiger partial charge in [0, 0.05) is 31.3 Å². The van der Waals surface area contributed by atoms with Gasteiger partial charge in [0.05, 0.1) is 6.61 Å². The molecule has 8 heteroatoms. The van der Waals surface area contributed by atoms with Crippen LogP contribution in [-0.2, 0) is 24.3 Å². The van der Waals surface area contributed by atoms with Crippen molar-refractivity contribution < 1.29 is 18.6 Å². The Kier molecular flexibility index (Phi) is 9.36. The van der Waals surface area contributed by atoms with Crippen LogP contribution in [0.2, 0.25) is 0 Å². The van der Waals surface area contributed by atoms with Gasteiger partial charge >= 0.3 is 0 Å². The summed E-state index contributed by atoms with van der Waals surface area (Å²) in [4.78, 5) is 4.27. The summed E-state index contributed by atoms with van der Waals surface area (Å²) in [5.41, 5.74) is 2.34. The topological polar surface area (TPSA) is 64.1 Å². The standard InChI is InChI=1S/C23H30FN3O3.HI/c1-23(2,3)30-20-8-6-5-7-17(20)13-27-22(25-4)26-10-9-16-11-19(24)12-18-14-28-15-29-21(16)18;/h5-8,11-12H,9-10,13-15H2,1-4H3,(H2,25,26,27);1H. The zero-order chi connectivity index (χ0) is 21.6. The Hall–Kier alpha value is -2.07. The van der Waals surface area contributed by atoms with E-state index in [9.17, 15) is 4.39 Å². The number of para-hydroxylation sites is 1. The summed E-state index contributed by atoms with van der Waals surface area (Å²) in [6.07, 6.45) is 0.602. The quantitative estimate of drug-likeness (QED) is 0.322. The molecule has 0 aliphatic carbocycles. The molecule has 2 aromatic carbocycles. The third-order valence-corrected chi connectivity index (χ3v) is 4.50. The van der Waals surface area contributed by atoms with Crippen molar-refractivity contribution in [3.63, 3.8) is 0 Å². The maximum Gasteiger partial charge on any atom is 0.191 e. The number of hydrogen-bond donors (Lipinski definition) is 2. The van der Waals surface area contributed by atoms with Crippen LogP contribution in [0.1, 0.15) is 37.5 Å². The predicted octanol–water partition coefficient (Wildman–Crippen LogP) is 4.40. The Bertz CT molecular complexity index is 900. The van der Waals surface area contributed by atoms with Gasteiger partial charge in [0.2, 0.25) is 0 Å². The van der Waals surface area contributed by atoms with E-state index in [1.165, 1.54) is 12.1 Å². The van der Waals surface area contributed by atoms with Crippen LogP contribution in [-0.4, -0.2) is 31.9 Å². The van der Waals surface area contributed by atoms with Crippen LogP contribution in [0, 0.1) is 5.82 Å². The summed E-state index contributed by atoms with van der Waals surface area (Å²) < 4.78 is 30.7. The zero-order valence-corrected chi connectivity index (χ0v) is 20.8. The molecule has 2 N–H and O–H groups in total. The van der Waals surface area contributed by atoms with E-state index in [-0.39, 0.29) is 42.2 Å². The highest BCUT2D eigenvalue weighted by atomic mass is 127. The Balaban J connectivity index is 0.00000341. The Labute approximate surface area is 200 Å². The number of guanidine groups is 1. The van der Waals surface area contributed by atoms with E-state index in [1.807, 2.05) is 45.0 Å². The smallest absolute Gasteiger partial charge is 0.191 e. The van der Waals surface area contributed by atoms with Crippen molar-refractivity contribution in [2.24, 2.45) is 4.99 Å². The van der Waals surface area contributed by atoms with Crippen molar-refractivity contribution in [1.82, 2.24) is 10.6 Å². The zero-order valence-electron chi connectivity index (χ0n) is 18.5. The molecule has 0 saturated carbocycles. The monoisotopic (exact) mass is 543 g/mol. The second kappa shape index (κ2) is 11.5. The van der Waals surface area contributed by atoms with E-state index in [0.29, 0.717) is 32.1 Å². The van der Waals surface area contributed by atoms with E-state index < -0.39 is 0 Å². The van der Waals surface area contributed by atoms with Crippen LogP contribution in [0.5, 0.6) is 11.5 Å². The molecule has 6 nitrogen and oxygen atoms in total. The maximum absolute atomic E-state index is 13.9. The molecule has 31 heavy (non-hydrogen) atoms. The van der Waals surface area contributed by atoms with Gasteiger partial charge in [-0.25, -0.2) is 4.39 Å². The summed E-state index contributed by atoms with van der Waals surface area (Å²) >= 11 is 0. The fourth-order valence-electron chi connectivity index (χ4n) is 3.24. The van der Waals surface area contributed by atoms with Gasteiger partial charge in [-0.2, -0.15) is 0 Å². The first kappa shape index (κ1) is 25.2. The first-order valence-electron chi connectivity index (χ1n) is 10.1. The highest BCUT2D eigenvalue weighted by molar-refractivity contribution is 14.0. The molecule has 1 aliphatic heterocycles. The highest BCUT2D eigenvalue weighted by Crippen LogP contribution is 2.29. The van der Waals surface area contributed by atoms with Gasteiger partial charge in [0.15, 0.2) is 12.8 Å². The molecule has 1 aliphatic rings. The van der Waals surface area contributed by atoms with Gasteiger partial charge in [-0.1, -0.05) is 18.2 Å². The fraction of sp³-hybridized carbons (Fsp3) is 0.435. The SMILES string of the molecule is CN=C(NCCc1cc(F)cc2c1OCOC2)NCc1ccccc1OC(C)(C)C.I. The lowest BCUT2D eigenvalue weighted by molar-refractivity contribution is -0.0172. The lowest BCUT2D eigenvalue weighted by Crippen LogP contribution is -2.38. The second-order valence-corrected chi connectivity index (χ2v) is 8.09. The number of fused-ring (bicyclic) bond motifs is 1. The third kappa shape index (κ3) is 7.53. The molecular weight excluding hydrogens is 512 g/mol. The van der Waals surface area contributed by atoms with Crippen molar-refractivity contribution in [3.05, 3.63) is 58.9 Å². The third-order valence-electron chi connectivity index (χ3n) is 4.50. The van der Waals surface area contributed by atoms with Crippen molar-refractivity contribution in [1.29, 1.82) is 0 Å². The first-order valence-corrected chi connectivity index (χ1v) is 10.1. The Morgan fingerprint density at radius 3 is 2.68 bits per heavy atom. The highest BCUT2D eigenvalue weighted by Gasteiger charge is 2.17. The van der Waals surface area contributed by atoms with Crippen LogP contribution in [0.4, 0.5) is 4.39 Å². The fourth-order valence-corrected chi connectivity index (χ4v) is 3.24. The molecule has 0 fully saturated rings. The number of rotatable bonds is 6. The number of nitrogens with one attached hydrogen (secondary N) is 2. The minimum atomic E-state index is -0.282. The Morgan fingerprint density at radius 1 is 1.16 bits per heavy atom. The first-order chi connectivity index (χ1) is 14.4. The van der Waals surface area contributed by atoms with Crippen LogP contribution in [0.3, 0.4) is 0 Å². The van der Waals surface area contributed by atoms with Crippen LogP contribution < -0.4 is 20.1 Å². The minimum absolute atomic E-state index is 0. The molecule has 0 spiro atoms. The van der Waals surface area contributed by atoms with E-state index in [4.69, 9.17) is 14.2 Å². The largest absolute Gasteiger partial charge is 0.488 e. The molecule has 1 heterocycles. The van der Waals surface area contributed by atoms with Crippen LogP contribution >= 0.6 is 24.0 Å². The number of hydrogen-bond acceptors (Lipinski definition) is 4. The van der Waals surface area contributed by atoms with Crippen molar-refractivity contribution in [2.45, 2.75) is 45.9 Å². The normalized spacial score (nSPS) is 13.5. The number of benzene rings is 2. The van der Waals surface area contributed by atoms with Crippen molar-refractivity contribution in [3.8, 4) is 11.5 Å². The lowest BCUT2D eigenvalue weighted by atomic mass is 10.1. The molecule has 0 saturated heterocycles. The molecular formula is C23H31FIN3O3. The van der Waals surface area contributed by atoms with E-state index in [0.717, 1.165) is 28.2 Å². The summed E-state index contributed by atoms with van der Waals surface area (Å²) in [5, 5.41) is 6.58. The summed E-state index contributed by atoms with van der Waals surface area (Å²) in [6, 6.07) is 10.9. The average Bonchev–Trinajstić information content (AvgIpc) is 2.70. The van der Waals surface area contributed by atoms with Gasteiger partial charge in [-0.3, -0.25) is 4.99 Å². The molecule has 170 valence electrons. The molecule has 0 amide bonds. The van der Waals surface area contributed by atoms with Crippen molar-refractivity contribution >= 4 is 29.9 Å². The molecule has 0 bridgehead atoms. The lowest BCUT2D eigenvalue weighted by Gasteiger charge is -2.23. The molecule has 2 aromatic rings. The molecule has 3 rings (SSSR count). The molecule has 0 atom stereocenters. The van der Waals surface area contributed by atoms with Crippen LogP contribution in [0.15, 0.2) is 41.4 Å². The Morgan fingerprint density at radius 2 is 1.94 bits per heavy atom. The van der Waals surface area contributed by atoms with Gasteiger partial charge in [0.25, 0.3) is 0 Å². The second-order valence-electron chi connectivity index (χ2n) is 8.09. The average molecular weight is 543 g/mol. The van der Waals surface area contributed by atoms with Crippen molar-refractivity contribution in [2.75, 3.05) is 20.4 Å². The maximum atomic E-state index is 13.9. The van der Waals surface area contributed by atoms with E-state index in [2.05, 4.69) is 15.6 Å². The summed E-state index contributed by atoms with van der Waals surface area (Å²) in [5.74, 6) is 1.95. The molecule has 0 radical (unpaired) electrons. The van der Waals surface area contributed by atoms with Gasteiger partial charge in [0.1, 0.15) is 22.9 Å². The predicted molar refractivity (Wildman–Crippen MR) is 131 cm³/mol. The number of aliphatic imine (C=N–C) groups is 1.